The Labute approximate surface area is 105 Å². The SMILES string of the molecule is OCC[C@H](O)n1c2ccccc2c2ccccc21. The minimum Gasteiger partial charge on any atom is -0.396 e. The van der Waals surface area contributed by atoms with E-state index in [0.717, 1.165) is 21.8 Å². The van der Waals surface area contributed by atoms with Crippen molar-refractivity contribution in [3.63, 3.8) is 0 Å². The van der Waals surface area contributed by atoms with Crippen LogP contribution < -0.4 is 0 Å². The van der Waals surface area contributed by atoms with Gasteiger partial charge in [-0.15, -0.1) is 0 Å². The van der Waals surface area contributed by atoms with Gasteiger partial charge < -0.3 is 14.8 Å². The Bertz CT molecular complexity index is 634. The van der Waals surface area contributed by atoms with Crippen LogP contribution in [0.4, 0.5) is 0 Å². The van der Waals surface area contributed by atoms with E-state index in [1.165, 1.54) is 0 Å². The molecule has 2 aromatic carbocycles. The van der Waals surface area contributed by atoms with Crippen LogP contribution >= 0.6 is 0 Å². The van der Waals surface area contributed by atoms with Crippen molar-refractivity contribution in [2.45, 2.75) is 12.6 Å². The molecule has 3 aromatic rings. The Kier molecular flexibility index (Phi) is 2.78. The van der Waals surface area contributed by atoms with Crippen molar-refractivity contribution in [1.29, 1.82) is 0 Å². The molecule has 2 N–H and O–H groups in total. The van der Waals surface area contributed by atoms with Crippen LogP contribution in [0.5, 0.6) is 0 Å². The van der Waals surface area contributed by atoms with Crippen molar-refractivity contribution < 1.29 is 10.2 Å². The average molecular weight is 241 g/mol. The third-order valence-electron chi connectivity index (χ3n) is 3.30. The van der Waals surface area contributed by atoms with Gasteiger partial charge >= 0.3 is 0 Å². The topological polar surface area (TPSA) is 45.4 Å². The average Bonchev–Trinajstić information content (AvgIpc) is 2.73. The van der Waals surface area contributed by atoms with Crippen LogP contribution in [-0.4, -0.2) is 21.4 Å². The van der Waals surface area contributed by atoms with Gasteiger partial charge in [-0.05, 0) is 12.1 Å². The molecule has 0 spiro atoms. The van der Waals surface area contributed by atoms with E-state index in [1.807, 2.05) is 41.0 Å². The highest BCUT2D eigenvalue weighted by Gasteiger charge is 2.14. The maximum absolute atomic E-state index is 10.2. The summed E-state index contributed by atoms with van der Waals surface area (Å²) < 4.78 is 1.89. The van der Waals surface area contributed by atoms with Crippen molar-refractivity contribution in [3.05, 3.63) is 48.5 Å². The number of aliphatic hydroxyl groups is 2. The minimum absolute atomic E-state index is 0.0258. The van der Waals surface area contributed by atoms with Crippen molar-refractivity contribution in [2.75, 3.05) is 6.61 Å². The second kappa shape index (κ2) is 4.44. The third-order valence-corrected chi connectivity index (χ3v) is 3.30. The lowest BCUT2D eigenvalue weighted by Gasteiger charge is -2.14. The molecule has 3 rings (SSSR count). The predicted molar refractivity (Wildman–Crippen MR) is 72.4 cm³/mol. The molecule has 0 saturated heterocycles. The lowest BCUT2D eigenvalue weighted by atomic mass is 10.2. The smallest absolute Gasteiger partial charge is 0.133 e. The zero-order valence-electron chi connectivity index (χ0n) is 9.95. The van der Waals surface area contributed by atoms with Gasteiger partial charge in [-0.25, -0.2) is 0 Å². The second-order valence-electron chi connectivity index (χ2n) is 4.40. The molecule has 0 bridgehead atoms. The number of hydrogen-bond acceptors (Lipinski definition) is 2. The Morgan fingerprint density at radius 1 is 0.889 bits per heavy atom. The number of aromatic nitrogens is 1. The Morgan fingerprint density at radius 3 is 1.89 bits per heavy atom. The molecule has 0 unspecified atom stereocenters. The quantitative estimate of drug-likeness (QED) is 0.740. The summed E-state index contributed by atoms with van der Waals surface area (Å²) in [6.45, 7) is -0.0258. The molecule has 0 aliphatic heterocycles. The first kappa shape index (κ1) is 11.3. The maximum Gasteiger partial charge on any atom is 0.133 e. The molecule has 18 heavy (non-hydrogen) atoms. The van der Waals surface area contributed by atoms with E-state index >= 15 is 0 Å². The van der Waals surface area contributed by atoms with Gasteiger partial charge in [-0.1, -0.05) is 36.4 Å². The van der Waals surface area contributed by atoms with E-state index in [-0.39, 0.29) is 6.61 Å². The minimum atomic E-state index is -0.695. The number of benzene rings is 2. The zero-order chi connectivity index (χ0) is 12.5. The van der Waals surface area contributed by atoms with Crippen LogP contribution in [0.15, 0.2) is 48.5 Å². The largest absolute Gasteiger partial charge is 0.396 e. The van der Waals surface area contributed by atoms with E-state index in [2.05, 4.69) is 12.1 Å². The van der Waals surface area contributed by atoms with Gasteiger partial charge in [0, 0.05) is 23.8 Å². The molecule has 3 nitrogen and oxygen atoms in total. The first-order valence-corrected chi connectivity index (χ1v) is 6.09. The van der Waals surface area contributed by atoms with Gasteiger partial charge in [0.1, 0.15) is 6.23 Å². The highest BCUT2D eigenvalue weighted by Crippen LogP contribution is 2.31. The number of hydrogen-bond donors (Lipinski definition) is 2. The maximum atomic E-state index is 10.2. The van der Waals surface area contributed by atoms with Crippen molar-refractivity contribution in [3.8, 4) is 0 Å². The van der Waals surface area contributed by atoms with Gasteiger partial charge in [0.05, 0.1) is 11.0 Å². The number of nitrogens with zero attached hydrogens (tertiary/aromatic N) is 1. The van der Waals surface area contributed by atoms with Gasteiger partial charge in [0.2, 0.25) is 0 Å². The number of fused-ring (bicyclic) bond motifs is 3. The van der Waals surface area contributed by atoms with E-state index in [4.69, 9.17) is 5.11 Å². The van der Waals surface area contributed by atoms with Crippen LogP contribution in [0.2, 0.25) is 0 Å². The highest BCUT2D eigenvalue weighted by atomic mass is 16.3. The van der Waals surface area contributed by atoms with Crippen LogP contribution in [0.3, 0.4) is 0 Å². The number of rotatable bonds is 3. The van der Waals surface area contributed by atoms with E-state index in [0.29, 0.717) is 6.42 Å². The second-order valence-corrected chi connectivity index (χ2v) is 4.40. The van der Waals surface area contributed by atoms with Crippen LogP contribution in [0.25, 0.3) is 21.8 Å². The number of aliphatic hydroxyl groups excluding tert-OH is 2. The molecule has 1 heterocycles. The lowest BCUT2D eigenvalue weighted by Crippen LogP contribution is -2.09. The lowest BCUT2D eigenvalue weighted by molar-refractivity contribution is 0.0805. The Morgan fingerprint density at radius 2 is 1.39 bits per heavy atom. The van der Waals surface area contributed by atoms with E-state index < -0.39 is 6.23 Å². The van der Waals surface area contributed by atoms with Gasteiger partial charge in [0.15, 0.2) is 0 Å². The molecule has 0 radical (unpaired) electrons. The standard InChI is InChI=1S/C15H15NO2/c17-10-9-15(18)16-13-7-3-1-5-11(13)12-6-2-4-8-14(12)16/h1-8,15,17-18H,9-10H2/t15-/m0/s1. The fourth-order valence-corrected chi connectivity index (χ4v) is 2.52. The molecule has 3 heteroatoms. The monoisotopic (exact) mass is 241 g/mol. The molecule has 0 fully saturated rings. The van der Waals surface area contributed by atoms with Crippen molar-refractivity contribution >= 4 is 21.8 Å². The van der Waals surface area contributed by atoms with Crippen LogP contribution in [0.1, 0.15) is 12.6 Å². The van der Waals surface area contributed by atoms with Crippen LogP contribution in [0, 0.1) is 0 Å². The van der Waals surface area contributed by atoms with Gasteiger partial charge in [0.25, 0.3) is 0 Å². The summed E-state index contributed by atoms with van der Waals surface area (Å²) >= 11 is 0. The molecule has 92 valence electrons. The summed E-state index contributed by atoms with van der Waals surface area (Å²) in [7, 11) is 0. The van der Waals surface area contributed by atoms with Gasteiger partial charge in [-0.3, -0.25) is 0 Å². The Hall–Kier alpha value is -1.84. The van der Waals surface area contributed by atoms with Crippen LogP contribution in [-0.2, 0) is 0 Å². The summed E-state index contributed by atoms with van der Waals surface area (Å²) in [5, 5.41) is 21.5. The Balaban J connectivity index is 2.38. The molecule has 0 saturated carbocycles. The highest BCUT2D eigenvalue weighted by molar-refractivity contribution is 6.08. The van der Waals surface area contributed by atoms with E-state index in [9.17, 15) is 5.11 Å². The zero-order valence-corrected chi connectivity index (χ0v) is 9.95. The summed E-state index contributed by atoms with van der Waals surface area (Å²) in [6, 6.07) is 16.0. The normalized spacial score (nSPS) is 13.2. The van der Waals surface area contributed by atoms with Gasteiger partial charge in [-0.2, -0.15) is 0 Å². The third kappa shape index (κ3) is 1.60. The summed E-state index contributed by atoms with van der Waals surface area (Å²) in [5.74, 6) is 0. The molecule has 0 amide bonds. The van der Waals surface area contributed by atoms with Crippen molar-refractivity contribution in [2.24, 2.45) is 0 Å². The molecular weight excluding hydrogens is 226 g/mol. The van der Waals surface area contributed by atoms with Crippen molar-refractivity contribution in [1.82, 2.24) is 4.57 Å². The predicted octanol–water partition coefficient (Wildman–Crippen LogP) is 2.67. The van der Waals surface area contributed by atoms with E-state index in [1.54, 1.807) is 0 Å². The molecule has 1 aromatic heterocycles. The summed E-state index contributed by atoms with van der Waals surface area (Å²) in [4.78, 5) is 0. The molecule has 0 aliphatic rings. The summed E-state index contributed by atoms with van der Waals surface area (Å²) in [6.07, 6.45) is -0.359. The summed E-state index contributed by atoms with van der Waals surface area (Å²) in [5.41, 5.74) is 2.00. The molecular formula is C15H15NO2. The first-order chi connectivity index (χ1) is 8.83. The first-order valence-electron chi connectivity index (χ1n) is 6.09. The number of para-hydroxylation sites is 2. The molecule has 0 aliphatic carbocycles. The molecule has 1 atom stereocenters. The fourth-order valence-electron chi connectivity index (χ4n) is 2.52. The fraction of sp³-hybridized carbons (Fsp3) is 0.200.